The molecular weight excluding hydrogens is 184 g/mol. The Hall–Kier alpha value is -0.0800. The minimum Gasteiger partial charge on any atom is -0.330 e. The Labute approximate surface area is 95.0 Å². The summed E-state index contributed by atoms with van der Waals surface area (Å²) in [6, 6.07) is 0. The molecule has 0 spiro atoms. The first-order valence-corrected chi connectivity index (χ1v) is 6.74. The van der Waals surface area contributed by atoms with Gasteiger partial charge in [-0.15, -0.1) is 0 Å². The summed E-state index contributed by atoms with van der Waals surface area (Å²) in [6.07, 6.45) is 11.0. The third-order valence-corrected chi connectivity index (χ3v) is 3.60. The van der Waals surface area contributed by atoms with Crippen LogP contribution in [0.25, 0.3) is 0 Å². The third kappa shape index (κ3) is 5.53. The summed E-state index contributed by atoms with van der Waals surface area (Å²) in [5, 5.41) is 3.55. The molecule has 0 atom stereocenters. The van der Waals surface area contributed by atoms with Gasteiger partial charge in [-0.25, -0.2) is 0 Å². The van der Waals surface area contributed by atoms with Crippen LogP contribution in [0.2, 0.25) is 0 Å². The van der Waals surface area contributed by atoms with Crippen LogP contribution in [0.4, 0.5) is 0 Å². The minimum atomic E-state index is 0.502. The van der Waals surface area contributed by atoms with Crippen LogP contribution in [-0.4, -0.2) is 19.6 Å². The molecule has 0 saturated heterocycles. The molecule has 2 nitrogen and oxygen atoms in total. The monoisotopic (exact) mass is 212 g/mol. The molecule has 0 aromatic rings. The highest BCUT2D eigenvalue weighted by Crippen LogP contribution is 2.43. The average molecular weight is 212 g/mol. The van der Waals surface area contributed by atoms with Gasteiger partial charge in [-0.05, 0) is 37.8 Å². The molecule has 2 heteroatoms. The predicted molar refractivity (Wildman–Crippen MR) is 67.0 cm³/mol. The lowest BCUT2D eigenvalue weighted by Crippen LogP contribution is -2.30. The second kappa shape index (κ2) is 7.24. The number of nitrogens with two attached hydrogens (primary N) is 1. The average Bonchev–Trinajstić information content (AvgIpc) is 3.03. The van der Waals surface area contributed by atoms with E-state index in [1.165, 1.54) is 57.9 Å². The first-order valence-electron chi connectivity index (χ1n) is 6.74. The Morgan fingerprint density at radius 3 is 2.33 bits per heavy atom. The quantitative estimate of drug-likeness (QED) is 0.546. The zero-order valence-corrected chi connectivity index (χ0v) is 10.4. The number of hydrogen-bond donors (Lipinski definition) is 2. The molecule has 0 radical (unpaired) electrons. The molecule has 0 aromatic heterocycles. The maximum Gasteiger partial charge on any atom is 0.00199 e. The van der Waals surface area contributed by atoms with Gasteiger partial charge in [-0.3, -0.25) is 0 Å². The molecule has 0 amide bonds. The molecule has 0 bridgehead atoms. The van der Waals surface area contributed by atoms with Gasteiger partial charge in [-0.1, -0.05) is 39.0 Å². The van der Waals surface area contributed by atoms with Gasteiger partial charge in [0.25, 0.3) is 0 Å². The minimum absolute atomic E-state index is 0.502. The fourth-order valence-electron chi connectivity index (χ4n) is 2.01. The Morgan fingerprint density at radius 2 is 1.73 bits per heavy atom. The van der Waals surface area contributed by atoms with E-state index in [1.807, 2.05) is 0 Å². The zero-order chi connectivity index (χ0) is 11.0. The summed E-state index contributed by atoms with van der Waals surface area (Å²) in [5.74, 6) is 0. The molecule has 3 N–H and O–H groups in total. The van der Waals surface area contributed by atoms with Crippen LogP contribution in [0.3, 0.4) is 0 Å². The van der Waals surface area contributed by atoms with Crippen molar-refractivity contribution < 1.29 is 0 Å². The molecule has 1 fully saturated rings. The maximum atomic E-state index is 5.72. The van der Waals surface area contributed by atoms with Gasteiger partial charge in [0, 0.05) is 6.54 Å². The molecule has 15 heavy (non-hydrogen) atoms. The lowest BCUT2D eigenvalue weighted by Gasteiger charge is -2.12. The lowest BCUT2D eigenvalue weighted by molar-refractivity contribution is 0.459. The summed E-state index contributed by atoms with van der Waals surface area (Å²) in [4.78, 5) is 0. The molecule has 0 unspecified atom stereocenters. The van der Waals surface area contributed by atoms with Crippen molar-refractivity contribution in [2.45, 2.75) is 58.3 Å². The number of unbranched alkanes of at least 4 members (excludes halogenated alkanes) is 5. The number of hydrogen-bond acceptors (Lipinski definition) is 2. The summed E-state index contributed by atoms with van der Waals surface area (Å²) < 4.78 is 0. The Balaban J connectivity index is 1.77. The van der Waals surface area contributed by atoms with Crippen molar-refractivity contribution in [1.82, 2.24) is 5.32 Å². The zero-order valence-electron chi connectivity index (χ0n) is 10.4. The Bertz CT molecular complexity index is 153. The van der Waals surface area contributed by atoms with E-state index in [1.54, 1.807) is 0 Å². The van der Waals surface area contributed by atoms with Crippen molar-refractivity contribution in [1.29, 1.82) is 0 Å². The first kappa shape index (κ1) is 13.0. The fourth-order valence-corrected chi connectivity index (χ4v) is 2.01. The van der Waals surface area contributed by atoms with Gasteiger partial charge in [0.2, 0.25) is 0 Å². The van der Waals surface area contributed by atoms with E-state index in [9.17, 15) is 0 Å². The van der Waals surface area contributed by atoms with E-state index in [0.29, 0.717) is 5.41 Å². The van der Waals surface area contributed by atoms with E-state index in [0.717, 1.165) is 13.1 Å². The molecule has 1 aliphatic rings. The highest BCUT2D eigenvalue weighted by molar-refractivity contribution is 4.95. The van der Waals surface area contributed by atoms with E-state index in [2.05, 4.69) is 12.2 Å². The topological polar surface area (TPSA) is 38.0 Å². The first-order chi connectivity index (χ1) is 7.33. The van der Waals surface area contributed by atoms with E-state index in [-0.39, 0.29) is 0 Å². The van der Waals surface area contributed by atoms with E-state index in [4.69, 9.17) is 5.73 Å². The highest BCUT2D eigenvalue weighted by Gasteiger charge is 2.40. The van der Waals surface area contributed by atoms with Crippen molar-refractivity contribution in [2.24, 2.45) is 11.1 Å². The van der Waals surface area contributed by atoms with Crippen LogP contribution in [0.5, 0.6) is 0 Å². The SMILES string of the molecule is CCCCCCCCNCC1(CN)CC1. The van der Waals surface area contributed by atoms with Crippen molar-refractivity contribution in [3.63, 3.8) is 0 Å². The lowest BCUT2D eigenvalue weighted by atomic mass is 10.1. The van der Waals surface area contributed by atoms with Gasteiger partial charge in [0.15, 0.2) is 0 Å². The second-order valence-corrected chi connectivity index (χ2v) is 5.15. The van der Waals surface area contributed by atoms with Gasteiger partial charge >= 0.3 is 0 Å². The molecule has 1 saturated carbocycles. The maximum absolute atomic E-state index is 5.72. The Morgan fingerprint density at radius 1 is 1.07 bits per heavy atom. The molecule has 90 valence electrons. The molecular formula is C13H28N2. The van der Waals surface area contributed by atoms with E-state index >= 15 is 0 Å². The van der Waals surface area contributed by atoms with Crippen molar-refractivity contribution >= 4 is 0 Å². The molecule has 1 rings (SSSR count). The largest absolute Gasteiger partial charge is 0.330 e. The van der Waals surface area contributed by atoms with Crippen LogP contribution in [-0.2, 0) is 0 Å². The van der Waals surface area contributed by atoms with Crippen molar-refractivity contribution in [3.8, 4) is 0 Å². The van der Waals surface area contributed by atoms with Gasteiger partial charge < -0.3 is 11.1 Å². The van der Waals surface area contributed by atoms with Gasteiger partial charge in [0.05, 0.1) is 0 Å². The molecule has 0 aromatic carbocycles. The van der Waals surface area contributed by atoms with E-state index < -0.39 is 0 Å². The Kier molecular flexibility index (Phi) is 6.26. The smallest absolute Gasteiger partial charge is 0.00199 e. The molecule has 1 aliphatic carbocycles. The van der Waals surface area contributed by atoms with Crippen LogP contribution in [0.15, 0.2) is 0 Å². The van der Waals surface area contributed by atoms with Crippen molar-refractivity contribution in [2.75, 3.05) is 19.6 Å². The van der Waals surface area contributed by atoms with Crippen LogP contribution < -0.4 is 11.1 Å². The normalized spacial score (nSPS) is 18.0. The van der Waals surface area contributed by atoms with Crippen LogP contribution in [0.1, 0.15) is 58.3 Å². The van der Waals surface area contributed by atoms with Crippen LogP contribution in [0, 0.1) is 5.41 Å². The summed E-state index contributed by atoms with van der Waals surface area (Å²) in [5.41, 5.74) is 6.23. The number of rotatable bonds is 10. The number of nitrogens with one attached hydrogen (secondary N) is 1. The van der Waals surface area contributed by atoms with Gasteiger partial charge in [0.1, 0.15) is 0 Å². The summed E-state index contributed by atoms with van der Waals surface area (Å²) in [6.45, 7) is 5.48. The highest BCUT2D eigenvalue weighted by atomic mass is 14.9. The van der Waals surface area contributed by atoms with Crippen LogP contribution >= 0.6 is 0 Å². The fraction of sp³-hybridized carbons (Fsp3) is 1.00. The van der Waals surface area contributed by atoms with Gasteiger partial charge in [-0.2, -0.15) is 0 Å². The van der Waals surface area contributed by atoms with Crippen molar-refractivity contribution in [3.05, 3.63) is 0 Å². The summed E-state index contributed by atoms with van der Waals surface area (Å²) in [7, 11) is 0. The predicted octanol–water partition coefficient (Wildman–Crippen LogP) is 2.68. The molecule has 0 aliphatic heterocycles. The second-order valence-electron chi connectivity index (χ2n) is 5.15. The standard InChI is InChI=1S/C13H28N2/c1-2-3-4-5-6-7-10-15-12-13(11-14)8-9-13/h15H,2-12,14H2,1H3. The summed E-state index contributed by atoms with van der Waals surface area (Å²) >= 11 is 0. The third-order valence-electron chi connectivity index (χ3n) is 3.60. The molecule has 0 heterocycles.